The van der Waals surface area contributed by atoms with Crippen LogP contribution in [-0.4, -0.2) is 34.3 Å². The Morgan fingerprint density at radius 2 is 2.14 bits per heavy atom. The highest BCUT2D eigenvalue weighted by molar-refractivity contribution is 7.99. The molecule has 6 nitrogen and oxygen atoms in total. The Morgan fingerprint density at radius 3 is 2.81 bits per heavy atom. The van der Waals surface area contributed by atoms with Crippen LogP contribution in [0.25, 0.3) is 11.1 Å². The molecule has 0 unspecified atom stereocenters. The number of carboxylic acid groups (broad SMARTS) is 1. The van der Waals surface area contributed by atoms with E-state index in [1.54, 1.807) is 0 Å². The summed E-state index contributed by atoms with van der Waals surface area (Å²) in [5.74, 6) is -0.896. The number of aliphatic carboxylic acids is 1. The van der Waals surface area contributed by atoms with Crippen LogP contribution in [-0.2, 0) is 9.59 Å². The number of para-hydroxylation sites is 2. The Bertz CT molecular complexity index is 660. The fourth-order valence-electron chi connectivity index (χ4n) is 1.98. The number of amides is 1. The maximum absolute atomic E-state index is 11.7. The van der Waals surface area contributed by atoms with Gasteiger partial charge in [0.25, 0.3) is 5.22 Å². The van der Waals surface area contributed by atoms with Gasteiger partial charge in [-0.25, -0.2) is 4.98 Å². The third-order valence-electron chi connectivity index (χ3n) is 3.53. The molecule has 1 aromatic heterocycles. The molecule has 1 fully saturated rings. The molecule has 3 rings (SSSR count). The van der Waals surface area contributed by atoms with E-state index in [9.17, 15) is 9.59 Å². The monoisotopic (exact) mass is 306 g/mol. The molecule has 1 heterocycles. The fourth-order valence-corrected chi connectivity index (χ4v) is 2.64. The summed E-state index contributed by atoms with van der Waals surface area (Å²) in [5, 5.41) is 12.1. The lowest BCUT2D eigenvalue weighted by molar-refractivity contribution is -0.143. The van der Waals surface area contributed by atoms with Gasteiger partial charge in [-0.1, -0.05) is 23.9 Å². The standard InChI is InChI=1S/C14H14N2O4S/c17-11(15-8-14(5-6-14)12(18)19)7-21-13-16-9-3-1-2-4-10(9)20-13/h1-4H,5-8H2,(H,15,17)(H,18,19). The van der Waals surface area contributed by atoms with E-state index in [2.05, 4.69) is 10.3 Å². The van der Waals surface area contributed by atoms with Crippen LogP contribution in [0.4, 0.5) is 0 Å². The van der Waals surface area contributed by atoms with E-state index < -0.39 is 11.4 Å². The first-order valence-electron chi connectivity index (χ1n) is 6.58. The Hall–Kier alpha value is -2.02. The molecule has 7 heteroatoms. The van der Waals surface area contributed by atoms with Gasteiger partial charge in [0.05, 0.1) is 11.2 Å². The molecule has 1 amide bonds. The average Bonchev–Trinajstić information content (AvgIpc) is 3.15. The van der Waals surface area contributed by atoms with Crippen LogP contribution in [0.15, 0.2) is 33.9 Å². The summed E-state index contributed by atoms with van der Waals surface area (Å²) in [6.07, 6.45) is 1.25. The van der Waals surface area contributed by atoms with Gasteiger partial charge in [0, 0.05) is 6.54 Å². The summed E-state index contributed by atoms with van der Waals surface area (Å²) in [6, 6.07) is 7.38. The van der Waals surface area contributed by atoms with E-state index >= 15 is 0 Å². The third kappa shape index (κ3) is 3.02. The van der Waals surface area contributed by atoms with Crippen molar-refractivity contribution in [2.24, 2.45) is 5.41 Å². The molecule has 1 aliphatic carbocycles. The number of thioether (sulfide) groups is 1. The Labute approximate surface area is 124 Å². The van der Waals surface area contributed by atoms with Gasteiger partial charge in [0.15, 0.2) is 5.58 Å². The zero-order valence-corrected chi connectivity index (χ0v) is 12.0. The summed E-state index contributed by atoms with van der Waals surface area (Å²) >= 11 is 1.20. The number of carboxylic acids is 1. The normalized spacial score (nSPS) is 15.8. The topological polar surface area (TPSA) is 92.4 Å². The molecule has 0 spiro atoms. The quantitative estimate of drug-likeness (QED) is 0.792. The SMILES string of the molecule is O=C(CSc1nc2ccccc2o1)NCC1(C(=O)O)CC1. The zero-order valence-electron chi connectivity index (χ0n) is 11.2. The number of rotatable bonds is 6. The van der Waals surface area contributed by atoms with E-state index in [-0.39, 0.29) is 18.2 Å². The summed E-state index contributed by atoms with van der Waals surface area (Å²) in [5.41, 5.74) is 0.698. The highest BCUT2D eigenvalue weighted by atomic mass is 32.2. The summed E-state index contributed by atoms with van der Waals surface area (Å²) in [6.45, 7) is 0.190. The van der Waals surface area contributed by atoms with Crippen molar-refractivity contribution >= 4 is 34.7 Å². The van der Waals surface area contributed by atoms with Crippen molar-refractivity contribution in [1.82, 2.24) is 10.3 Å². The minimum Gasteiger partial charge on any atom is -0.481 e. The molecular formula is C14H14N2O4S. The molecule has 0 aliphatic heterocycles. The lowest BCUT2D eigenvalue weighted by atomic mass is 10.1. The predicted octanol–water partition coefficient (Wildman–Crippen LogP) is 1.90. The van der Waals surface area contributed by atoms with Crippen molar-refractivity contribution in [2.45, 2.75) is 18.1 Å². The second-order valence-electron chi connectivity index (χ2n) is 5.10. The first kappa shape index (κ1) is 13.9. The zero-order chi connectivity index (χ0) is 14.9. The number of carbonyl (C=O) groups excluding carboxylic acids is 1. The highest BCUT2D eigenvalue weighted by Crippen LogP contribution is 2.45. The van der Waals surface area contributed by atoms with Crippen LogP contribution in [0.1, 0.15) is 12.8 Å². The number of benzene rings is 1. The minimum atomic E-state index is -0.839. The van der Waals surface area contributed by atoms with Crippen LogP contribution < -0.4 is 5.32 Å². The number of hydrogen-bond donors (Lipinski definition) is 2. The first-order valence-corrected chi connectivity index (χ1v) is 7.56. The summed E-state index contributed by atoms with van der Waals surface area (Å²) in [4.78, 5) is 27.0. The van der Waals surface area contributed by atoms with Crippen LogP contribution in [0.5, 0.6) is 0 Å². The van der Waals surface area contributed by atoms with Gasteiger partial charge < -0.3 is 14.8 Å². The van der Waals surface area contributed by atoms with Crippen LogP contribution in [0, 0.1) is 5.41 Å². The number of nitrogens with zero attached hydrogens (tertiary/aromatic N) is 1. The van der Waals surface area contributed by atoms with Crippen molar-refractivity contribution in [1.29, 1.82) is 0 Å². The van der Waals surface area contributed by atoms with Crippen LogP contribution in [0.2, 0.25) is 0 Å². The van der Waals surface area contributed by atoms with Crippen molar-refractivity contribution < 1.29 is 19.1 Å². The van der Waals surface area contributed by atoms with Gasteiger partial charge in [-0.2, -0.15) is 0 Å². The van der Waals surface area contributed by atoms with Crippen molar-refractivity contribution in [3.05, 3.63) is 24.3 Å². The maximum atomic E-state index is 11.7. The molecule has 2 aromatic rings. The Kier molecular flexibility index (Phi) is 3.59. The molecule has 0 saturated heterocycles. The lowest BCUT2D eigenvalue weighted by Crippen LogP contribution is -2.35. The third-order valence-corrected chi connectivity index (χ3v) is 4.36. The molecule has 1 aliphatic rings. The maximum Gasteiger partial charge on any atom is 0.311 e. The number of hydrogen-bond acceptors (Lipinski definition) is 5. The number of aromatic nitrogens is 1. The van der Waals surface area contributed by atoms with E-state index in [1.165, 1.54) is 11.8 Å². The van der Waals surface area contributed by atoms with Gasteiger partial charge in [-0.3, -0.25) is 9.59 Å². The largest absolute Gasteiger partial charge is 0.481 e. The average molecular weight is 306 g/mol. The molecule has 0 atom stereocenters. The van der Waals surface area contributed by atoms with Gasteiger partial charge in [0.1, 0.15) is 5.52 Å². The number of oxazole rings is 1. The molecule has 21 heavy (non-hydrogen) atoms. The van der Waals surface area contributed by atoms with Crippen LogP contribution in [0.3, 0.4) is 0 Å². The second-order valence-corrected chi connectivity index (χ2v) is 6.02. The van der Waals surface area contributed by atoms with Crippen molar-refractivity contribution in [3.8, 4) is 0 Å². The van der Waals surface area contributed by atoms with Gasteiger partial charge in [-0.05, 0) is 25.0 Å². The van der Waals surface area contributed by atoms with E-state index in [1.807, 2.05) is 24.3 Å². The first-order chi connectivity index (χ1) is 10.1. The Morgan fingerprint density at radius 1 is 1.38 bits per heavy atom. The molecule has 0 bridgehead atoms. The molecule has 2 N–H and O–H groups in total. The highest BCUT2D eigenvalue weighted by Gasteiger charge is 2.50. The minimum absolute atomic E-state index is 0.155. The number of fused-ring (bicyclic) bond motifs is 1. The van der Waals surface area contributed by atoms with Crippen molar-refractivity contribution in [2.75, 3.05) is 12.3 Å². The smallest absolute Gasteiger partial charge is 0.311 e. The molecule has 110 valence electrons. The van der Waals surface area contributed by atoms with Crippen molar-refractivity contribution in [3.63, 3.8) is 0 Å². The summed E-state index contributed by atoms with van der Waals surface area (Å²) < 4.78 is 5.49. The molecule has 1 saturated carbocycles. The Balaban J connectivity index is 1.50. The van der Waals surface area contributed by atoms with Gasteiger partial charge in [-0.15, -0.1) is 0 Å². The van der Waals surface area contributed by atoms with Gasteiger partial charge in [0.2, 0.25) is 5.91 Å². The number of nitrogens with one attached hydrogen (secondary N) is 1. The molecule has 0 radical (unpaired) electrons. The van der Waals surface area contributed by atoms with Crippen LogP contribution >= 0.6 is 11.8 Å². The predicted molar refractivity (Wildman–Crippen MR) is 77.0 cm³/mol. The lowest BCUT2D eigenvalue weighted by Gasteiger charge is -2.10. The van der Waals surface area contributed by atoms with E-state index in [0.29, 0.717) is 23.6 Å². The fraction of sp³-hybridized carbons (Fsp3) is 0.357. The van der Waals surface area contributed by atoms with E-state index in [0.717, 1.165) is 5.52 Å². The molecule has 1 aromatic carbocycles. The summed E-state index contributed by atoms with van der Waals surface area (Å²) in [7, 11) is 0. The van der Waals surface area contributed by atoms with E-state index in [4.69, 9.17) is 9.52 Å². The molecular weight excluding hydrogens is 292 g/mol. The number of carbonyl (C=O) groups is 2. The van der Waals surface area contributed by atoms with Gasteiger partial charge >= 0.3 is 5.97 Å². The second kappa shape index (κ2) is 5.40.